The van der Waals surface area contributed by atoms with E-state index in [4.69, 9.17) is 4.98 Å². The second-order valence-corrected chi connectivity index (χ2v) is 9.32. The Kier molecular flexibility index (Phi) is 5.06. The molecule has 2 aromatic heterocycles. The summed E-state index contributed by atoms with van der Waals surface area (Å²) in [5.41, 5.74) is 3.86. The van der Waals surface area contributed by atoms with Gasteiger partial charge in [-0.2, -0.15) is 0 Å². The summed E-state index contributed by atoms with van der Waals surface area (Å²) in [4.78, 5) is 31.4. The van der Waals surface area contributed by atoms with E-state index in [2.05, 4.69) is 6.07 Å². The number of fused-ring (bicyclic) bond motifs is 1. The van der Waals surface area contributed by atoms with E-state index in [-0.39, 0.29) is 5.56 Å². The fourth-order valence-electron chi connectivity index (χ4n) is 3.90. The molecule has 0 saturated carbocycles. The number of aliphatic carboxylic acids is 1. The zero-order valence-corrected chi connectivity index (χ0v) is 19.0. The highest BCUT2D eigenvalue weighted by Crippen LogP contribution is 2.35. The van der Waals surface area contributed by atoms with Crippen molar-refractivity contribution in [2.24, 2.45) is 0 Å². The van der Waals surface area contributed by atoms with E-state index in [1.165, 1.54) is 29.8 Å². The number of benzene rings is 2. The van der Waals surface area contributed by atoms with Gasteiger partial charge in [0.15, 0.2) is 0 Å². The van der Waals surface area contributed by atoms with Gasteiger partial charge in [-0.3, -0.25) is 9.36 Å². The first-order chi connectivity index (χ1) is 14.6. The predicted molar refractivity (Wildman–Crippen MR) is 126 cm³/mol. The van der Waals surface area contributed by atoms with Crippen LogP contribution >= 0.6 is 11.3 Å². The lowest BCUT2D eigenvalue weighted by Crippen LogP contribution is -2.44. The van der Waals surface area contributed by atoms with Crippen molar-refractivity contribution in [1.29, 1.82) is 0 Å². The van der Waals surface area contributed by atoms with Crippen LogP contribution in [0.4, 0.5) is 0 Å². The van der Waals surface area contributed by atoms with Crippen molar-refractivity contribution in [3.8, 4) is 22.5 Å². The topological polar surface area (TPSA) is 72.2 Å². The molecule has 4 aromatic rings. The minimum Gasteiger partial charge on any atom is -0.480 e. The molecule has 0 unspecified atom stereocenters. The molecule has 0 spiro atoms. The van der Waals surface area contributed by atoms with Crippen molar-refractivity contribution in [3.05, 3.63) is 74.9 Å². The molecule has 0 fully saturated rings. The average Bonchev–Trinajstić information content (AvgIpc) is 3.11. The van der Waals surface area contributed by atoms with Crippen LogP contribution in [0.25, 0.3) is 32.7 Å². The number of aromatic nitrogens is 2. The Balaban J connectivity index is 2.12. The third kappa shape index (κ3) is 3.47. The van der Waals surface area contributed by atoms with Gasteiger partial charge in [0.1, 0.15) is 16.2 Å². The average molecular weight is 433 g/mol. The molecule has 0 aliphatic rings. The number of carboxylic acid groups (broad SMARTS) is 1. The standard InChI is InChI=1S/C25H24N2O3S/c1-14-7-6-8-17(12-14)21-26-22-20(23(28)27(21)25(4,5)24(29)30)19(13-31-22)18-10-9-15(2)11-16(18)3/h6-13H,1-5H3,(H,29,30). The van der Waals surface area contributed by atoms with Crippen LogP contribution in [0.1, 0.15) is 30.5 Å². The third-order valence-corrected chi connectivity index (χ3v) is 6.51. The molecule has 0 aliphatic heterocycles. The number of hydrogen-bond acceptors (Lipinski definition) is 4. The molecule has 31 heavy (non-hydrogen) atoms. The first-order valence-electron chi connectivity index (χ1n) is 10.0. The van der Waals surface area contributed by atoms with Crippen LogP contribution in [0.2, 0.25) is 0 Å². The number of carboxylic acids is 1. The summed E-state index contributed by atoms with van der Waals surface area (Å²) < 4.78 is 1.33. The summed E-state index contributed by atoms with van der Waals surface area (Å²) in [6.07, 6.45) is 0. The quantitative estimate of drug-likeness (QED) is 0.460. The van der Waals surface area contributed by atoms with Crippen molar-refractivity contribution in [2.75, 3.05) is 0 Å². The van der Waals surface area contributed by atoms with Gasteiger partial charge in [0.25, 0.3) is 5.56 Å². The molecule has 6 heteroatoms. The Labute approximate surface area is 184 Å². The van der Waals surface area contributed by atoms with Gasteiger partial charge in [0, 0.05) is 16.5 Å². The number of thiophene rings is 1. The smallest absolute Gasteiger partial charge is 0.329 e. The summed E-state index contributed by atoms with van der Waals surface area (Å²) in [5.74, 6) is -0.726. The van der Waals surface area contributed by atoms with Crippen LogP contribution in [-0.4, -0.2) is 20.6 Å². The van der Waals surface area contributed by atoms with Crippen LogP contribution in [0.3, 0.4) is 0 Å². The summed E-state index contributed by atoms with van der Waals surface area (Å²) in [5, 5.41) is 12.3. The molecule has 0 atom stereocenters. The monoisotopic (exact) mass is 432 g/mol. The molecule has 5 nitrogen and oxygen atoms in total. The molecular formula is C25H24N2O3S. The van der Waals surface area contributed by atoms with Crippen LogP contribution in [-0.2, 0) is 10.3 Å². The van der Waals surface area contributed by atoms with Crippen LogP contribution < -0.4 is 5.56 Å². The van der Waals surface area contributed by atoms with E-state index < -0.39 is 11.5 Å². The fourth-order valence-corrected chi connectivity index (χ4v) is 4.83. The molecule has 2 heterocycles. The second kappa shape index (κ2) is 7.46. The zero-order valence-electron chi connectivity index (χ0n) is 18.2. The van der Waals surface area contributed by atoms with Crippen molar-refractivity contribution in [1.82, 2.24) is 9.55 Å². The summed E-state index contributed by atoms with van der Waals surface area (Å²) in [6, 6.07) is 13.7. The zero-order chi connectivity index (χ0) is 22.5. The van der Waals surface area contributed by atoms with E-state index in [1.807, 2.05) is 62.5 Å². The molecule has 0 saturated heterocycles. The lowest BCUT2D eigenvalue weighted by molar-refractivity contribution is -0.145. The van der Waals surface area contributed by atoms with E-state index in [1.54, 1.807) is 0 Å². The van der Waals surface area contributed by atoms with Gasteiger partial charge in [-0.25, -0.2) is 9.78 Å². The molecule has 0 bridgehead atoms. The first kappa shape index (κ1) is 21.0. The molecular weight excluding hydrogens is 408 g/mol. The largest absolute Gasteiger partial charge is 0.480 e. The number of nitrogens with zero attached hydrogens (tertiary/aromatic N) is 2. The molecule has 0 aliphatic carbocycles. The molecule has 0 radical (unpaired) electrons. The Morgan fingerprint density at radius 2 is 1.74 bits per heavy atom. The van der Waals surface area contributed by atoms with Crippen LogP contribution in [0.15, 0.2) is 52.6 Å². The fraction of sp³-hybridized carbons (Fsp3) is 0.240. The van der Waals surface area contributed by atoms with Crippen molar-refractivity contribution < 1.29 is 9.90 Å². The Morgan fingerprint density at radius 3 is 2.39 bits per heavy atom. The summed E-state index contributed by atoms with van der Waals surface area (Å²) in [6.45, 7) is 9.07. The minimum atomic E-state index is -1.47. The predicted octanol–water partition coefficient (Wildman–Crippen LogP) is 5.54. The van der Waals surface area contributed by atoms with Gasteiger partial charge >= 0.3 is 5.97 Å². The third-order valence-electron chi connectivity index (χ3n) is 5.64. The van der Waals surface area contributed by atoms with Gasteiger partial charge in [-0.05, 0) is 51.8 Å². The molecule has 0 amide bonds. The van der Waals surface area contributed by atoms with Crippen molar-refractivity contribution in [3.63, 3.8) is 0 Å². The van der Waals surface area contributed by atoms with E-state index >= 15 is 0 Å². The second-order valence-electron chi connectivity index (χ2n) is 8.46. The first-order valence-corrected chi connectivity index (χ1v) is 10.9. The highest BCUT2D eigenvalue weighted by Gasteiger charge is 2.35. The van der Waals surface area contributed by atoms with E-state index in [0.29, 0.717) is 16.0 Å². The highest BCUT2D eigenvalue weighted by molar-refractivity contribution is 7.17. The van der Waals surface area contributed by atoms with Gasteiger partial charge in [-0.15, -0.1) is 11.3 Å². The lowest BCUT2D eigenvalue weighted by atomic mass is 9.98. The SMILES string of the molecule is Cc1cccc(-c2nc3scc(-c4ccc(C)cc4C)c3c(=O)n2C(C)(C)C(=O)O)c1. The number of carbonyl (C=O) groups is 1. The Hall–Kier alpha value is -3.25. The summed E-state index contributed by atoms with van der Waals surface area (Å²) in [7, 11) is 0. The van der Waals surface area contributed by atoms with Crippen LogP contribution in [0, 0.1) is 20.8 Å². The van der Waals surface area contributed by atoms with Crippen molar-refractivity contribution >= 4 is 27.5 Å². The number of rotatable bonds is 4. The molecule has 4 rings (SSSR count). The lowest BCUT2D eigenvalue weighted by Gasteiger charge is -2.26. The normalized spacial score (nSPS) is 11.8. The maximum atomic E-state index is 13.9. The van der Waals surface area contributed by atoms with Gasteiger partial charge in [-0.1, -0.05) is 47.5 Å². The molecule has 158 valence electrons. The minimum absolute atomic E-state index is 0.342. The van der Waals surface area contributed by atoms with Crippen molar-refractivity contribution in [2.45, 2.75) is 40.2 Å². The number of hydrogen-bond donors (Lipinski definition) is 1. The van der Waals surface area contributed by atoms with Crippen LogP contribution in [0.5, 0.6) is 0 Å². The molecule has 2 aromatic carbocycles. The van der Waals surface area contributed by atoms with E-state index in [9.17, 15) is 14.7 Å². The maximum absolute atomic E-state index is 13.9. The Morgan fingerprint density at radius 1 is 1.03 bits per heavy atom. The van der Waals surface area contributed by atoms with Gasteiger partial charge < -0.3 is 5.11 Å². The Bertz CT molecular complexity index is 1400. The van der Waals surface area contributed by atoms with E-state index in [0.717, 1.165) is 33.4 Å². The van der Waals surface area contributed by atoms with Gasteiger partial charge in [0.05, 0.1) is 5.39 Å². The summed E-state index contributed by atoms with van der Waals surface area (Å²) >= 11 is 1.40. The van der Waals surface area contributed by atoms with Gasteiger partial charge in [0.2, 0.25) is 0 Å². The maximum Gasteiger partial charge on any atom is 0.329 e. The highest BCUT2D eigenvalue weighted by atomic mass is 32.1. The number of aryl methyl sites for hydroxylation is 3. The molecule has 1 N–H and O–H groups in total.